The van der Waals surface area contributed by atoms with Gasteiger partial charge in [0.2, 0.25) is 5.91 Å². The molecule has 5 nitrogen and oxygen atoms in total. The first-order valence-electron chi connectivity index (χ1n) is 8.65. The standard InChI is InChI=1S/C21H20FN3O2/c1-14-3-5-16(6-4-14)19(26)11-12-21(27)23-20-13-15(2)24-25(20)18-9-7-17(22)8-10-18/h3-10,13H,11-12H2,1-2H3,(H,23,27). The summed E-state index contributed by atoms with van der Waals surface area (Å²) in [6, 6.07) is 14.8. The van der Waals surface area contributed by atoms with Crippen LogP contribution in [0.2, 0.25) is 0 Å². The third-order valence-corrected chi connectivity index (χ3v) is 4.12. The Morgan fingerprint density at radius 3 is 2.33 bits per heavy atom. The van der Waals surface area contributed by atoms with Gasteiger partial charge in [-0.3, -0.25) is 9.59 Å². The molecule has 0 aliphatic carbocycles. The minimum absolute atomic E-state index is 0.0698. The van der Waals surface area contributed by atoms with Gasteiger partial charge in [-0.1, -0.05) is 29.8 Å². The zero-order chi connectivity index (χ0) is 19.4. The van der Waals surface area contributed by atoms with Crippen molar-refractivity contribution >= 4 is 17.5 Å². The zero-order valence-corrected chi connectivity index (χ0v) is 15.2. The summed E-state index contributed by atoms with van der Waals surface area (Å²) in [7, 11) is 0. The average molecular weight is 365 g/mol. The summed E-state index contributed by atoms with van der Waals surface area (Å²) in [5, 5.41) is 7.10. The first kappa shape index (κ1) is 18.5. The number of hydrogen-bond acceptors (Lipinski definition) is 3. The lowest BCUT2D eigenvalue weighted by Gasteiger charge is -2.09. The highest BCUT2D eigenvalue weighted by atomic mass is 19.1. The summed E-state index contributed by atoms with van der Waals surface area (Å²) in [6.45, 7) is 3.75. The number of ketones is 1. The lowest BCUT2D eigenvalue weighted by Crippen LogP contribution is -2.16. The highest BCUT2D eigenvalue weighted by Gasteiger charge is 2.13. The van der Waals surface area contributed by atoms with Crippen LogP contribution >= 0.6 is 0 Å². The molecule has 3 aromatic rings. The van der Waals surface area contributed by atoms with E-state index in [9.17, 15) is 14.0 Å². The molecule has 1 aromatic heterocycles. The maximum atomic E-state index is 13.1. The third-order valence-electron chi connectivity index (χ3n) is 4.12. The molecule has 0 aliphatic heterocycles. The number of rotatable bonds is 6. The fourth-order valence-corrected chi connectivity index (χ4v) is 2.68. The van der Waals surface area contributed by atoms with E-state index in [-0.39, 0.29) is 30.3 Å². The van der Waals surface area contributed by atoms with E-state index in [1.54, 1.807) is 37.3 Å². The highest BCUT2D eigenvalue weighted by Crippen LogP contribution is 2.18. The van der Waals surface area contributed by atoms with Crippen molar-refractivity contribution in [2.75, 3.05) is 5.32 Å². The summed E-state index contributed by atoms with van der Waals surface area (Å²) in [5.41, 5.74) is 3.02. The fraction of sp³-hybridized carbons (Fsp3) is 0.190. The summed E-state index contributed by atoms with van der Waals surface area (Å²) in [4.78, 5) is 24.5. The number of amides is 1. The number of aryl methyl sites for hydroxylation is 2. The van der Waals surface area contributed by atoms with Crippen LogP contribution in [0.4, 0.5) is 10.2 Å². The first-order chi connectivity index (χ1) is 12.9. The van der Waals surface area contributed by atoms with E-state index in [2.05, 4.69) is 10.4 Å². The van der Waals surface area contributed by atoms with Crippen LogP contribution in [-0.2, 0) is 4.79 Å². The number of benzene rings is 2. The van der Waals surface area contributed by atoms with Crippen molar-refractivity contribution < 1.29 is 14.0 Å². The molecule has 0 spiro atoms. The van der Waals surface area contributed by atoms with E-state index in [0.717, 1.165) is 5.56 Å². The Morgan fingerprint density at radius 2 is 1.67 bits per heavy atom. The Labute approximate surface area is 156 Å². The van der Waals surface area contributed by atoms with Crippen LogP contribution in [0.25, 0.3) is 5.69 Å². The number of anilines is 1. The molecule has 0 atom stereocenters. The molecule has 0 saturated carbocycles. The summed E-state index contributed by atoms with van der Waals surface area (Å²) in [5.74, 6) is -0.221. The molecule has 1 amide bonds. The summed E-state index contributed by atoms with van der Waals surface area (Å²) < 4.78 is 14.7. The van der Waals surface area contributed by atoms with Crippen molar-refractivity contribution in [2.45, 2.75) is 26.7 Å². The van der Waals surface area contributed by atoms with Crippen LogP contribution in [0.15, 0.2) is 54.6 Å². The van der Waals surface area contributed by atoms with E-state index < -0.39 is 0 Å². The molecule has 0 saturated heterocycles. The molecule has 1 N–H and O–H groups in total. The number of hydrogen-bond donors (Lipinski definition) is 1. The van der Waals surface area contributed by atoms with Gasteiger partial charge in [0.15, 0.2) is 5.78 Å². The second-order valence-electron chi connectivity index (χ2n) is 6.40. The molecule has 0 fully saturated rings. The van der Waals surface area contributed by atoms with Gasteiger partial charge in [0.05, 0.1) is 11.4 Å². The van der Waals surface area contributed by atoms with Crippen LogP contribution < -0.4 is 5.32 Å². The number of aromatic nitrogens is 2. The second kappa shape index (κ2) is 7.95. The van der Waals surface area contributed by atoms with Crippen molar-refractivity contribution in [1.29, 1.82) is 0 Å². The van der Waals surface area contributed by atoms with Crippen LogP contribution in [0.3, 0.4) is 0 Å². The Kier molecular flexibility index (Phi) is 5.45. The quantitative estimate of drug-likeness (QED) is 0.665. The van der Waals surface area contributed by atoms with Gasteiger partial charge in [-0.05, 0) is 38.1 Å². The predicted molar refractivity (Wildman–Crippen MR) is 102 cm³/mol. The molecule has 138 valence electrons. The molecule has 2 aromatic carbocycles. The van der Waals surface area contributed by atoms with E-state index >= 15 is 0 Å². The molecule has 27 heavy (non-hydrogen) atoms. The summed E-state index contributed by atoms with van der Waals surface area (Å²) in [6.07, 6.45) is 0.193. The largest absolute Gasteiger partial charge is 0.311 e. The van der Waals surface area contributed by atoms with Crippen molar-refractivity contribution in [3.05, 3.63) is 77.2 Å². The lowest BCUT2D eigenvalue weighted by molar-refractivity contribution is -0.116. The van der Waals surface area contributed by atoms with Gasteiger partial charge in [-0.25, -0.2) is 9.07 Å². The molecular weight excluding hydrogens is 345 g/mol. The monoisotopic (exact) mass is 365 g/mol. The number of Topliss-reactive ketones (excluding diaryl/α,β-unsaturated/α-hetero) is 1. The first-order valence-corrected chi connectivity index (χ1v) is 8.65. The third kappa shape index (κ3) is 4.67. The van der Waals surface area contributed by atoms with E-state index in [4.69, 9.17) is 0 Å². The number of nitrogens with zero attached hydrogens (tertiary/aromatic N) is 2. The van der Waals surface area contributed by atoms with Gasteiger partial charge in [0.25, 0.3) is 0 Å². The number of carbonyl (C=O) groups excluding carboxylic acids is 2. The zero-order valence-electron chi connectivity index (χ0n) is 15.2. The molecule has 6 heteroatoms. The predicted octanol–water partition coefficient (Wildman–Crippen LogP) is 4.23. The van der Waals surface area contributed by atoms with Gasteiger partial charge in [0.1, 0.15) is 11.6 Å². The maximum Gasteiger partial charge on any atom is 0.225 e. The summed E-state index contributed by atoms with van der Waals surface area (Å²) >= 11 is 0. The number of carbonyl (C=O) groups is 2. The fourth-order valence-electron chi connectivity index (χ4n) is 2.68. The SMILES string of the molecule is Cc1ccc(C(=O)CCC(=O)Nc2cc(C)nn2-c2ccc(F)cc2)cc1. The number of nitrogens with one attached hydrogen (secondary N) is 1. The highest BCUT2D eigenvalue weighted by molar-refractivity contribution is 5.99. The van der Waals surface area contributed by atoms with Crippen molar-refractivity contribution in [2.24, 2.45) is 0 Å². The van der Waals surface area contributed by atoms with Gasteiger partial charge in [-0.15, -0.1) is 0 Å². The van der Waals surface area contributed by atoms with Gasteiger partial charge < -0.3 is 5.32 Å². The lowest BCUT2D eigenvalue weighted by atomic mass is 10.1. The Bertz CT molecular complexity index is 960. The normalized spacial score (nSPS) is 10.6. The van der Waals surface area contributed by atoms with Crippen LogP contribution in [0.1, 0.15) is 34.5 Å². The Hall–Kier alpha value is -3.28. The van der Waals surface area contributed by atoms with Crippen LogP contribution in [0, 0.1) is 19.7 Å². The molecular formula is C21H20FN3O2. The topological polar surface area (TPSA) is 64.0 Å². The van der Waals surface area contributed by atoms with E-state index in [0.29, 0.717) is 22.8 Å². The minimum atomic E-state index is -0.345. The Balaban J connectivity index is 1.65. The number of halogens is 1. The molecule has 1 heterocycles. The average Bonchev–Trinajstić information content (AvgIpc) is 3.01. The maximum absolute atomic E-state index is 13.1. The molecule has 0 bridgehead atoms. The van der Waals surface area contributed by atoms with Crippen molar-refractivity contribution in [1.82, 2.24) is 9.78 Å². The molecule has 0 radical (unpaired) electrons. The second-order valence-corrected chi connectivity index (χ2v) is 6.40. The minimum Gasteiger partial charge on any atom is -0.311 e. The molecule has 0 aliphatic rings. The van der Waals surface area contributed by atoms with Crippen LogP contribution in [0.5, 0.6) is 0 Å². The molecule has 0 unspecified atom stereocenters. The van der Waals surface area contributed by atoms with Crippen LogP contribution in [-0.4, -0.2) is 21.5 Å². The van der Waals surface area contributed by atoms with E-state index in [1.807, 2.05) is 19.1 Å². The van der Waals surface area contributed by atoms with Crippen molar-refractivity contribution in [3.8, 4) is 5.69 Å². The van der Waals surface area contributed by atoms with Gasteiger partial charge in [0, 0.05) is 24.5 Å². The van der Waals surface area contributed by atoms with Gasteiger partial charge in [-0.2, -0.15) is 5.10 Å². The Morgan fingerprint density at radius 1 is 1.00 bits per heavy atom. The van der Waals surface area contributed by atoms with Crippen molar-refractivity contribution in [3.63, 3.8) is 0 Å². The van der Waals surface area contributed by atoms with E-state index in [1.165, 1.54) is 16.8 Å². The molecule has 3 rings (SSSR count). The van der Waals surface area contributed by atoms with Gasteiger partial charge >= 0.3 is 0 Å². The smallest absolute Gasteiger partial charge is 0.225 e.